The van der Waals surface area contributed by atoms with Gasteiger partial charge in [0.2, 0.25) is 0 Å². The monoisotopic (exact) mass is 620 g/mol. The van der Waals surface area contributed by atoms with Crippen LogP contribution >= 0.6 is 0 Å². The summed E-state index contributed by atoms with van der Waals surface area (Å²) >= 11 is 0. The molecule has 0 amide bonds. The molecular formula is C34H52O3Si4. The van der Waals surface area contributed by atoms with Crippen LogP contribution in [0.4, 0.5) is 0 Å². The van der Waals surface area contributed by atoms with Crippen LogP contribution in [0.2, 0.25) is 63.2 Å². The van der Waals surface area contributed by atoms with Crippen LogP contribution in [0.3, 0.4) is 0 Å². The van der Waals surface area contributed by atoms with Gasteiger partial charge in [0, 0.05) is 11.1 Å². The summed E-state index contributed by atoms with van der Waals surface area (Å²) in [6.45, 7) is 23.0. The van der Waals surface area contributed by atoms with Gasteiger partial charge < -0.3 is 13.0 Å². The molecule has 0 N–H and O–H groups in total. The fraction of sp³-hybridized carbons (Fsp3) is 0.588. The summed E-state index contributed by atoms with van der Waals surface area (Å²) in [7, 11) is -9.52. The van der Waals surface area contributed by atoms with Crippen molar-refractivity contribution in [3.05, 3.63) is 71.8 Å². The Kier molecular flexibility index (Phi) is 7.10. The zero-order valence-electron chi connectivity index (χ0n) is 27.0. The van der Waals surface area contributed by atoms with Gasteiger partial charge >= 0.3 is 8.80 Å². The molecule has 3 nitrogen and oxygen atoms in total. The van der Waals surface area contributed by atoms with E-state index in [1.165, 1.54) is 38.5 Å². The van der Waals surface area contributed by atoms with Crippen LogP contribution < -0.4 is 0 Å². The van der Waals surface area contributed by atoms with E-state index in [-0.39, 0.29) is 9.70 Å². The van der Waals surface area contributed by atoms with Gasteiger partial charge in [0.1, 0.15) is 0 Å². The Morgan fingerprint density at radius 1 is 0.634 bits per heavy atom. The summed E-state index contributed by atoms with van der Waals surface area (Å²) in [5.41, 5.74) is 2.45. The molecule has 4 aliphatic carbocycles. The van der Waals surface area contributed by atoms with Crippen LogP contribution in [0.1, 0.15) is 49.7 Å². The molecule has 0 saturated heterocycles. The average Bonchev–Trinajstić information content (AvgIpc) is 3.21. The van der Waals surface area contributed by atoms with Crippen molar-refractivity contribution in [3.63, 3.8) is 0 Å². The highest BCUT2D eigenvalue weighted by Gasteiger charge is 2.84. The van der Waals surface area contributed by atoms with Crippen molar-refractivity contribution in [1.29, 1.82) is 0 Å². The van der Waals surface area contributed by atoms with Crippen LogP contribution in [0.15, 0.2) is 60.7 Å². The van der Waals surface area contributed by atoms with Crippen molar-refractivity contribution in [2.24, 2.45) is 23.2 Å². The Bertz CT molecular complexity index is 1200. The number of hydrogen-bond acceptors (Lipinski definition) is 3. The summed E-state index contributed by atoms with van der Waals surface area (Å²) < 4.78 is 23.3. The molecule has 4 saturated carbocycles. The van der Waals surface area contributed by atoms with Gasteiger partial charge in [-0.25, -0.2) is 0 Å². The zero-order valence-corrected chi connectivity index (χ0v) is 31.0. The second-order valence-electron chi connectivity index (χ2n) is 16.8. The standard InChI is InChI=1S/C34H52O3Si4/c1-38(2,3)34(39(4,5)6,33-23-26-20-27(24-33)22-28(21-26)25-33)41(37-40(7,8)9)35-31(29-16-12-10-13-17-29)32(36-41)30-18-14-11-15-19-30/h10-19,26-28H,20-25H2,1-9H3. The van der Waals surface area contributed by atoms with Gasteiger partial charge in [-0.3, -0.25) is 0 Å². The van der Waals surface area contributed by atoms with Crippen molar-refractivity contribution in [1.82, 2.24) is 0 Å². The quantitative estimate of drug-likeness (QED) is 0.275. The Labute approximate surface area is 253 Å². The Morgan fingerprint density at radius 3 is 1.32 bits per heavy atom. The summed E-state index contributed by atoms with van der Waals surface area (Å²) in [6.07, 6.45) is 8.39. The van der Waals surface area contributed by atoms with Crippen LogP contribution in [0.25, 0.3) is 11.5 Å². The lowest BCUT2D eigenvalue weighted by Crippen LogP contribution is -2.79. The van der Waals surface area contributed by atoms with E-state index in [1.54, 1.807) is 0 Å². The lowest BCUT2D eigenvalue weighted by atomic mass is 9.50. The predicted octanol–water partition coefficient (Wildman–Crippen LogP) is 10.1. The van der Waals surface area contributed by atoms with Crippen LogP contribution in [-0.4, -0.2) is 33.3 Å². The summed E-state index contributed by atoms with van der Waals surface area (Å²) in [5, 5.41) is 0. The fourth-order valence-electron chi connectivity index (χ4n) is 11.1. The van der Waals surface area contributed by atoms with Gasteiger partial charge in [-0.05, 0) is 81.3 Å². The SMILES string of the molecule is C[Si](C)(C)O[Si]1(C(C23CC4CC(CC(C4)C2)C3)([Si](C)(C)C)[Si](C)(C)C)OC(c2ccccc2)=C(c2ccccc2)O1. The molecule has 0 atom stereocenters. The van der Waals surface area contributed by atoms with E-state index in [9.17, 15) is 0 Å². The van der Waals surface area contributed by atoms with Crippen LogP contribution in [0, 0.1) is 23.2 Å². The van der Waals surface area contributed by atoms with Gasteiger partial charge in [-0.1, -0.05) is 99.9 Å². The molecule has 7 heteroatoms. The average molecular weight is 621 g/mol. The third-order valence-electron chi connectivity index (χ3n) is 10.7. The third kappa shape index (κ3) is 4.64. The van der Waals surface area contributed by atoms with Crippen molar-refractivity contribution in [2.45, 2.75) is 102 Å². The molecule has 2 aromatic carbocycles. The smallest absolute Gasteiger partial charge is 0.488 e. The number of benzene rings is 2. The minimum Gasteiger partial charge on any atom is -0.488 e. The van der Waals surface area contributed by atoms with E-state index in [4.69, 9.17) is 13.0 Å². The highest BCUT2D eigenvalue weighted by molar-refractivity contribution is 7.13. The first-order chi connectivity index (χ1) is 19.1. The molecule has 2 aromatic rings. The molecule has 7 rings (SSSR count). The molecule has 0 aromatic heterocycles. The van der Waals surface area contributed by atoms with E-state index in [2.05, 4.69) is 120 Å². The first kappa shape index (κ1) is 29.7. The normalized spacial score (nSPS) is 29.4. The highest BCUT2D eigenvalue weighted by Crippen LogP contribution is 2.77. The lowest BCUT2D eigenvalue weighted by Gasteiger charge is -2.71. The van der Waals surface area contributed by atoms with Crippen molar-refractivity contribution < 1.29 is 13.0 Å². The lowest BCUT2D eigenvalue weighted by molar-refractivity contribution is -0.0645. The summed E-state index contributed by atoms with van der Waals surface area (Å²) in [5.74, 6) is 4.41. The first-order valence-electron chi connectivity index (χ1n) is 16.0. The summed E-state index contributed by atoms with van der Waals surface area (Å²) in [4.78, 5) is 0. The van der Waals surface area contributed by atoms with E-state index in [1.807, 2.05) is 0 Å². The fourth-order valence-corrected chi connectivity index (χ4v) is 39.3. The van der Waals surface area contributed by atoms with E-state index >= 15 is 0 Å². The van der Waals surface area contributed by atoms with Crippen molar-refractivity contribution in [2.75, 3.05) is 0 Å². The Balaban J connectivity index is 1.65. The maximum atomic E-state index is 7.76. The van der Waals surface area contributed by atoms with E-state index < -0.39 is 33.3 Å². The molecule has 1 aliphatic heterocycles. The van der Waals surface area contributed by atoms with Gasteiger partial charge in [0.05, 0.1) is 20.4 Å². The highest BCUT2D eigenvalue weighted by atomic mass is 28.5. The zero-order chi connectivity index (χ0) is 29.5. The van der Waals surface area contributed by atoms with Gasteiger partial charge in [0.15, 0.2) is 19.8 Å². The molecule has 0 unspecified atom stereocenters. The third-order valence-corrected chi connectivity index (χ3v) is 33.1. The van der Waals surface area contributed by atoms with Crippen LogP contribution in [0.5, 0.6) is 0 Å². The van der Waals surface area contributed by atoms with E-state index in [0.717, 1.165) is 40.4 Å². The molecule has 222 valence electrons. The molecule has 4 bridgehead atoms. The molecule has 1 heterocycles. The molecule has 41 heavy (non-hydrogen) atoms. The Hall–Kier alpha value is -1.39. The minimum absolute atomic E-state index is 0.0210. The molecule has 0 radical (unpaired) electrons. The Morgan fingerprint density at radius 2 is 1.00 bits per heavy atom. The van der Waals surface area contributed by atoms with Gasteiger partial charge in [0.25, 0.3) is 0 Å². The summed E-state index contributed by atoms with van der Waals surface area (Å²) in [6, 6.07) is 21.4. The second-order valence-corrected chi connectivity index (χ2v) is 36.1. The van der Waals surface area contributed by atoms with Gasteiger partial charge in [-0.2, -0.15) is 0 Å². The predicted molar refractivity (Wildman–Crippen MR) is 182 cm³/mol. The minimum atomic E-state index is -3.38. The second kappa shape index (κ2) is 9.81. The maximum Gasteiger partial charge on any atom is 0.623 e. The van der Waals surface area contributed by atoms with Crippen LogP contribution in [-0.2, 0) is 13.0 Å². The van der Waals surface area contributed by atoms with Gasteiger partial charge in [-0.15, -0.1) is 0 Å². The maximum absolute atomic E-state index is 7.76. The van der Waals surface area contributed by atoms with Crippen molar-refractivity contribution in [3.8, 4) is 0 Å². The first-order valence-corrected chi connectivity index (χ1v) is 28.2. The van der Waals surface area contributed by atoms with Crippen molar-refractivity contribution >= 4 is 44.8 Å². The number of hydrogen-bond donors (Lipinski definition) is 0. The topological polar surface area (TPSA) is 27.7 Å². The molecule has 0 spiro atoms. The molecule has 4 fully saturated rings. The largest absolute Gasteiger partial charge is 0.623 e. The molecular weight excluding hydrogens is 569 g/mol. The van der Waals surface area contributed by atoms with E-state index in [0.29, 0.717) is 0 Å². The number of rotatable bonds is 8. The molecule has 5 aliphatic rings.